The van der Waals surface area contributed by atoms with Crippen LogP contribution in [0.5, 0.6) is 11.5 Å². The molecule has 2 aromatic rings. The van der Waals surface area contributed by atoms with E-state index in [1.165, 1.54) is 0 Å². The number of nitrogens with zero attached hydrogens (tertiary/aromatic N) is 1. The Bertz CT molecular complexity index is 691. The van der Waals surface area contributed by atoms with Crippen molar-refractivity contribution >= 4 is 17.2 Å². The largest absolute Gasteiger partial charge is 0.497 e. The summed E-state index contributed by atoms with van der Waals surface area (Å²) in [6.07, 6.45) is 0.278. The Balaban J connectivity index is 1.65. The zero-order valence-electron chi connectivity index (χ0n) is 13.2. The number of hydrogen-bond donors (Lipinski definition) is 1. The first-order valence-corrected chi connectivity index (χ1v) is 8.16. The van der Waals surface area contributed by atoms with Crippen LogP contribution in [0.15, 0.2) is 34.4 Å². The molecule has 0 unspecified atom stereocenters. The standard InChI is InChI=1S/C16H20N2O4S/c1-12-11-23-16(20)18(12)9-7-15(19)17-8-10-22-14-5-3-13(21-2)4-6-14/h3-6,11H,7-10H2,1-2H3,(H,17,19). The van der Waals surface area contributed by atoms with Crippen LogP contribution in [0, 0.1) is 6.92 Å². The molecular weight excluding hydrogens is 316 g/mol. The average Bonchev–Trinajstić information content (AvgIpc) is 2.88. The lowest BCUT2D eigenvalue weighted by molar-refractivity contribution is -0.121. The molecule has 0 saturated heterocycles. The maximum atomic E-state index is 11.8. The molecule has 0 aliphatic heterocycles. The average molecular weight is 336 g/mol. The maximum Gasteiger partial charge on any atom is 0.307 e. The van der Waals surface area contributed by atoms with Gasteiger partial charge in [-0.1, -0.05) is 11.3 Å². The zero-order valence-corrected chi connectivity index (χ0v) is 14.0. The van der Waals surface area contributed by atoms with Crippen molar-refractivity contribution in [2.45, 2.75) is 19.9 Å². The van der Waals surface area contributed by atoms with Crippen molar-refractivity contribution < 1.29 is 14.3 Å². The SMILES string of the molecule is COc1ccc(OCCNC(=O)CCn2c(C)csc2=O)cc1. The van der Waals surface area contributed by atoms with Gasteiger partial charge in [0.1, 0.15) is 18.1 Å². The molecule has 0 fully saturated rings. The summed E-state index contributed by atoms with van der Waals surface area (Å²) in [6, 6.07) is 7.25. The van der Waals surface area contributed by atoms with Crippen molar-refractivity contribution in [3.8, 4) is 11.5 Å². The molecule has 0 radical (unpaired) electrons. The van der Waals surface area contributed by atoms with Crippen LogP contribution in [0.4, 0.5) is 0 Å². The van der Waals surface area contributed by atoms with Gasteiger partial charge < -0.3 is 19.4 Å². The number of methoxy groups -OCH3 is 1. The monoisotopic (exact) mass is 336 g/mol. The highest BCUT2D eigenvalue weighted by atomic mass is 32.1. The summed E-state index contributed by atoms with van der Waals surface area (Å²) < 4.78 is 12.2. The molecule has 7 heteroatoms. The first-order chi connectivity index (χ1) is 11.1. The minimum Gasteiger partial charge on any atom is -0.497 e. The topological polar surface area (TPSA) is 69.6 Å². The summed E-state index contributed by atoms with van der Waals surface area (Å²) in [5.41, 5.74) is 0.885. The lowest BCUT2D eigenvalue weighted by atomic mass is 10.3. The van der Waals surface area contributed by atoms with Gasteiger partial charge in [0.25, 0.3) is 0 Å². The van der Waals surface area contributed by atoms with Crippen LogP contribution < -0.4 is 19.7 Å². The van der Waals surface area contributed by atoms with E-state index < -0.39 is 0 Å². The highest BCUT2D eigenvalue weighted by Gasteiger charge is 2.06. The van der Waals surface area contributed by atoms with E-state index in [-0.39, 0.29) is 17.2 Å². The number of aromatic nitrogens is 1. The van der Waals surface area contributed by atoms with E-state index in [9.17, 15) is 9.59 Å². The number of ether oxygens (including phenoxy) is 2. The smallest absolute Gasteiger partial charge is 0.307 e. The third-order valence-corrected chi connectivity index (χ3v) is 4.17. The van der Waals surface area contributed by atoms with Gasteiger partial charge >= 0.3 is 4.87 Å². The van der Waals surface area contributed by atoms with Gasteiger partial charge in [0.2, 0.25) is 5.91 Å². The van der Waals surface area contributed by atoms with Crippen LogP contribution in [-0.4, -0.2) is 30.7 Å². The Morgan fingerprint density at radius 2 is 1.96 bits per heavy atom. The lowest BCUT2D eigenvalue weighted by Gasteiger charge is -2.09. The summed E-state index contributed by atoms with van der Waals surface area (Å²) >= 11 is 1.15. The number of thiazole rings is 1. The Morgan fingerprint density at radius 3 is 2.57 bits per heavy atom. The fraction of sp³-hybridized carbons (Fsp3) is 0.375. The molecule has 0 aliphatic rings. The van der Waals surface area contributed by atoms with E-state index in [0.29, 0.717) is 19.7 Å². The van der Waals surface area contributed by atoms with Gasteiger partial charge in [-0.3, -0.25) is 9.59 Å². The maximum absolute atomic E-state index is 11.8. The van der Waals surface area contributed by atoms with Gasteiger partial charge in [0.15, 0.2) is 0 Å². The molecule has 1 amide bonds. The molecule has 23 heavy (non-hydrogen) atoms. The molecule has 1 aromatic carbocycles. The summed E-state index contributed by atoms with van der Waals surface area (Å²) in [6.45, 7) is 3.07. The molecule has 0 aliphatic carbocycles. The van der Waals surface area contributed by atoms with Crippen molar-refractivity contribution in [2.75, 3.05) is 20.3 Å². The Kier molecular flexibility index (Phi) is 6.22. The highest BCUT2D eigenvalue weighted by Crippen LogP contribution is 2.16. The van der Waals surface area contributed by atoms with Crippen LogP contribution in [0.1, 0.15) is 12.1 Å². The van der Waals surface area contributed by atoms with Crippen LogP contribution in [0.3, 0.4) is 0 Å². The minimum absolute atomic E-state index is 0.0295. The summed E-state index contributed by atoms with van der Waals surface area (Å²) in [7, 11) is 1.61. The number of carbonyl (C=O) groups is 1. The van der Waals surface area contributed by atoms with Gasteiger partial charge in [-0.2, -0.15) is 0 Å². The van der Waals surface area contributed by atoms with Crippen LogP contribution in [0.2, 0.25) is 0 Å². The molecular formula is C16H20N2O4S. The van der Waals surface area contributed by atoms with Crippen molar-refractivity contribution in [3.05, 3.63) is 45.0 Å². The number of nitrogens with one attached hydrogen (secondary N) is 1. The Labute approximate surface area is 138 Å². The van der Waals surface area contributed by atoms with E-state index in [0.717, 1.165) is 28.5 Å². The summed E-state index contributed by atoms with van der Waals surface area (Å²) in [5, 5.41) is 4.57. The second kappa shape index (κ2) is 8.38. The number of carbonyl (C=O) groups excluding carboxylic acids is 1. The molecule has 124 valence electrons. The number of aryl methyl sites for hydroxylation is 1. The molecule has 6 nitrogen and oxygen atoms in total. The molecule has 0 spiro atoms. The first-order valence-electron chi connectivity index (χ1n) is 7.28. The summed E-state index contributed by atoms with van der Waals surface area (Å²) in [5.74, 6) is 1.39. The predicted octanol–water partition coefficient (Wildman–Crippen LogP) is 1.81. The molecule has 2 rings (SSSR count). The molecule has 1 heterocycles. The third kappa shape index (κ3) is 5.14. The quantitative estimate of drug-likeness (QED) is 0.747. The van der Waals surface area contributed by atoms with Gasteiger partial charge in [-0.25, -0.2) is 0 Å². The predicted molar refractivity (Wildman–Crippen MR) is 89.4 cm³/mol. The normalized spacial score (nSPS) is 10.3. The fourth-order valence-corrected chi connectivity index (χ4v) is 2.77. The Morgan fingerprint density at radius 1 is 1.26 bits per heavy atom. The van der Waals surface area contributed by atoms with Crippen LogP contribution in [-0.2, 0) is 11.3 Å². The third-order valence-electron chi connectivity index (χ3n) is 3.29. The Hall–Kier alpha value is -2.28. The number of benzene rings is 1. The van der Waals surface area contributed by atoms with E-state index in [1.807, 2.05) is 31.2 Å². The minimum atomic E-state index is -0.0965. The van der Waals surface area contributed by atoms with Gasteiger partial charge in [0, 0.05) is 24.0 Å². The number of rotatable bonds is 8. The molecule has 1 N–H and O–H groups in total. The molecule has 0 saturated carbocycles. The molecule has 0 atom stereocenters. The highest BCUT2D eigenvalue weighted by molar-refractivity contribution is 7.07. The number of hydrogen-bond acceptors (Lipinski definition) is 5. The van der Waals surface area contributed by atoms with Gasteiger partial charge in [-0.05, 0) is 31.2 Å². The van der Waals surface area contributed by atoms with Crippen molar-refractivity contribution in [2.24, 2.45) is 0 Å². The van der Waals surface area contributed by atoms with Crippen molar-refractivity contribution in [3.63, 3.8) is 0 Å². The molecule has 1 aromatic heterocycles. The van der Waals surface area contributed by atoms with E-state index in [2.05, 4.69) is 5.32 Å². The fourth-order valence-electron chi connectivity index (χ4n) is 2.01. The van der Waals surface area contributed by atoms with E-state index in [1.54, 1.807) is 17.1 Å². The lowest BCUT2D eigenvalue weighted by Crippen LogP contribution is -2.29. The summed E-state index contributed by atoms with van der Waals surface area (Å²) in [4.78, 5) is 23.3. The number of amides is 1. The second-order valence-corrected chi connectivity index (χ2v) is 5.74. The van der Waals surface area contributed by atoms with Crippen LogP contribution >= 0.6 is 11.3 Å². The van der Waals surface area contributed by atoms with Gasteiger partial charge in [-0.15, -0.1) is 0 Å². The second-order valence-electron chi connectivity index (χ2n) is 4.92. The van der Waals surface area contributed by atoms with Crippen molar-refractivity contribution in [1.82, 2.24) is 9.88 Å². The van der Waals surface area contributed by atoms with Gasteiger partial charge in [0.05, 0.1) is 13.7 Å². The zero-order chi connectivity index (χ0) is 16.7. The van der Waals surface area contributed by atoms with Crippen LogP contribution in [0.25, 0.3) is 0 Å². The molecule has 0 bridgehead atoms. The van der Waals surface area contributed by atoms with Crippen molar-refractivity contribution in [1.29, 1.82) is 0 Å². The first kappa shape index (κ1) is 17.1. The van der Waals surface area contributed by atoms with E-state index in [4.69, 9.17) is 9.47 Å². The van der Waals surface area contributed by atoms with E-state index >= 15 is 0 Å².